The number of carbonyl (C=O) groups excluding carboxylic acids is 1. The fourth-order valence-corrected chi connectivity index (χ4v) is 2.17. The minimum Gasteiger partial charge on any atom is -0.299 e. The zero-order valence-electron chi connectivity index (χ0n) is 9.95. The second-order valence-electron chi connectivity index (χ2n) is 4.18. The predicted molar refractivity (Wildman–Crippen MR) is 64.0 cm³/mol. The third kappa shape index (κ3) is 5.35. The minimum absolute atomic E-state index is 0.0648. The van der Waals surface area contributed by atoms with Gasteiger partial charge >= 0.3 is 0 Å². The number of ketones is 1. The van der Waals surface area contributed by atoms with Crippen molar-refractivity contribution in [2.45, 2.75) is 19.3 Å². The summed E-state index contributed by atoms with van der Waals surface area (Å²) in [5, 5.41) is 0. The molecule has 0 unspecified atom stereocenters. The topological polar surface area (TPSA) is 51.2 Å². The lowest BCUT2D eigenvalue weighted by atomic mass is 10.1. The van der Waals surface area contributed by atoms with Crippen molar-refractivity contribution in [2.75, 3.05) is 12.0 Å². The van der Waals surface area contributed by atoms with E-state index in [2.05, 4.69) is 0 Å². The van der Waals surface area contributed by atoms with Gasteiger partial charge in [0.15, 0.2) is 0 Å². The van der Waals surface area contributed by atoms with E-state index in [1.54, 1.807) is 0 Å². The summed E-state index contributed by atoms with van der Waals surface area (Å²) in [4.78, 5) is 11.5. The lowest BCUT2D eigenvalue weighted by molar-refractivity contribution is -0.118. The Morgan fingerprint density at radius 2 is 1.94 bits per heavy atom. The smallest absolute Gasteiger partial charge is 0.147 e. The van der Waals surface area contributed by atoms with Gasteiger partial charge in [0.25, 0.3) is 0 Å². The second kappa shape index (κ2) is 6.04. The molecule has 0 aliphatic rings. The van der Waals surface area contributed by atoms with Gasteiger partial charge in [-0.1, -0.05) is 6.07 Å². The van der Waals surface area contributed by atoms with Crippen LogP contribution in [0.3, 0.4) is 0 Å². The second-order valence-corrected chi connectivity index (χ2v) is 6.44. The average Bonchev–Trinajstić information content (AvgIpc) is 2.20. The molecule has 3 nitrogen and oxygen atoms in total. The van der Waals surface area contributed by atoms with Gasteiger partial charge in [-0.05, 0) is 18.1 Å². The van der Waals surface area contributed by atoms with Crippen molar-refractivity contribution in [2.24, 2.45) is 0 Å². The van der Waals surface area contributed by atoms with Crippen molar-refractivity contribution in [3.63, 3.8) is 0 Å². The van der Waals surface area contributed by atoms with Crippen molar-refractivity contribution in [1.82, 2.24) is 0 Å². The van der Waals surface area contributed by atoms with Crippen LogP contribution in [-0.4, -0.2) is 26.2 Å². The summed E-state index contributed by atoms with van der Waals surface area (Å²) in [6.45, 7) is 0. The van der Waals surface area contributed by atoms with Crippen molar-refractivity contribution in [3.8, 4) is 0 Å². The van der Waals surface area contributed by atoms with Gasteiger partial charge in [-0.3, -0.25) is 4.79 Å². The van der Waals surface area contributed by atoms with E-state index in [0.29, 0.717) is 0 Å². The van der Waals surface area contributed by atoms with E-state index in [4.69, 9.17) is 0 Å². The number of hydrogen-bond donors (Lipinski definition) is 0. The number of benzene rings is 1. The molecule has 1 aromatic rings. The van der Waals surface area contributed by atoms with Gasteiger partial charge in [-0.15, -0.1) is 0 Å². The summed E-state index contributed by atoms with van der Waals surface area (Å²) in [7, 11) is -3.08. The van der Waals surface area contributed by atoms with Crippen LogP contribution in [0.15, 0.2) is 18.2 Å². The summed E-state index contributed by atoms with van der Waals surface area (Å²) < 4.78 is 47.6. The van der Waals surface area contributed by atoms with Gasteiger partial charge in [0.1, 0.15) is 27.3 Å². The van der Waals surface area contributed by atoms with E-state index in [-0.39, 0.29) is 36.4 Å². The van der Waals surface area contributed by atoms with Gasteiger partial charge in [0.05, 0.1) is 5.75 Å². The molecule has 1 rings (SSSR count). The van der Waals surface area contributed by atoms with Crippen LogP contribution in [0.25, 0.3) is 0 Å². The van der Waals surface area contributed by atoms with Crippen molar-refractivity contribution in [1.29, 1.82) is 0 Å². The average molecular weight is 276 g/mol. The highest BCUT2D eigenvalue weighted by Gasteiger charge is 2.10. The molecule has 0 aromatic heterocycles. The van der Waals surface area contributed by atoms with Crippen LogP contribution in [-0.2, 0) is 21.1 Å². The highest BCUT2D eigenvalue weighted by molar-refractivity contribution is 7.90. The zero-order valence-corrected chi connectivity index (χ0v) is 10.8. The monoisotopic (exact) mass is 276 g/mol. The molecule has 0 heterocycles. The van der Waals surface area contributed by atoms with Crippen LogP contribution < -0.4 is 0 Å². The van der Waals surface area contributed by atoms with Crippen LogP contribution in [0.4, 0.5) is 8.78 Å². The Balaban J connectivity index is 2.50. The number of sulfone groups is 1. The molecule has 18 heavy (non-hydrogen) atoms. The maximum absolute atomic E-state index is 13.2. The first-order valence-electron chi connectivity index (χ1n) is 5.41. The minimum atomic E-state index is -3.08. The van der Waals surface area contributed by atoms with Crippen LogP contribution in [0.5, 0.6) is 0 Å². The Morgan fingerprint density at radius 3 is 2.50 bits per heavy atom. The summed E-state index contributed by atoms with van der Waals surface area (Å²) in [5.41, 5.74) is 0.126. The van der Waals surface area contributed by atoms with Crippen molar-refractivity contribution >= 4 is 15.6 Å². The molecule has 0 spiro atoms. The molecule has 0 aliphatic carbocycles. The first-order chi connectivity index (χ1) is 8.28. The largest absolute Gasteiger partial charge is 0.299 e. The first-order valence-corrected chi connectivity index (χ1v) is 7.47. The standard InChI is InChI=1S/C12H14F2O3S/c1-18(16,17)6-2-3-11(15)7-9-4-5-10(13)8-12(9)14/h4-5,8H,2-3,6-7H2,1H3. The summed E-state index contributed by atoms with van der Waals surface area (Å²) in [6, 6.07) is 3.03. The summed E-state index contributed by atoms with van der Waals surface area (Å²) >= 11 is 0. The SMILES string of the molecule is CS(=O)(=O)CCCC(=O)Cc1ccc(F)cc1F. The fourth-order valence-electron chi connectivity index (χ4n) is 1.50. The number of halogens is 2. The molecule has 0 amide bonds. The molecular weight excluding hydrogens is 262 g/mol. The highest BCUT2D eigenvalue weighted by atomic mass is 32.2. The molecule has 0 N–H and O–H groups in total. The number of rotatable bonds is 6. The summed E-state index contributed by atoms with van der Waals surface area (Å²) in [5.74, 6) is -1.78. The first kappa shape index (κ1) is 14.8. The van der Waals surface area contributed by atoms with Crippen molar-refractivity contribution < 1.29 is 22.0 Å². The molecule has 0 atom stereocenters. The predicted octanol–water partition coefficient (Wildman–Crippen LogP) is 1.90. The van der Waals surface area contributed by atoms with E-state index in [0.717, 1.165) is 18.4 Å². The molecule has 0 aliphatic heterocycles. The van der Waals surface area contributed by atoms with Gasteiger partial charge in [-0.2, -0.15) is 0 Å². The molecule has 0 fully saturated rings. The molecule has 0 saturated carbocycles. The Labute approximate surface area is 105 Å². The Kier molecular flexibility index (Phi) is 4.95. The lowest BCUT2D eigenvalue weighted by Gasteiger charge is -2.03. The van der Waals surface area contributed by atoms with Gasteiger partial charge in [0, 0.05) is 25.2 Å². The normalized spacial score (nSPS) is 11.5. The van der Waals surface area contributed by atoms with E-state index in [1.165, 1.54) is 6.07 Å². The highest BCUT2D eigenvalue weighted by Crippen LogP contribution is 2.11. The fraction of sp³-hybridized carbons (Fsp3) is 0.417. The molecule has 1 aromatic carbocycles. The van der Waals surface area contributed by atoms with Gasteiger partial charge in [-0.25, -0.2) is 17.2 Å². The Bertz CT molecular complexity index is 538. The van der Waals surface area contributed by atoms with E-state index in [9.17, 15) is 22.0 Å². The van der Waals surface area contributed by atoms with Crippen LogP contribution in [0.1, 0.15) is 18.4 Å². The number of carbonyl (C=O) groups is 1. The van der Waals surface area contributed by atoms with Crippen LogP contribution in [0.2, 0.25) is 0 Å². The molecule has 6 heteroatoms. The quantitative estimate of drug-likeness (QED) is 0.797. The Hall–Kier alpha value is -1.30. The third-order valence-corrected chi connectivity index (χ3v) is 3.40. The Morgan fingerprint density at radius 1 is 1.28 bits per heavy atom. The number of Topliss-reactive ketones (excluding diaryl/α,β-unsaturated/α-hetero) is 1. The molecule has 0 radical (unpaired) electrons. The van der Waals surface area contributed by atoms with Gasteiger partial charge < -0.3 is 0 Å². The third-order valence-electron chi connectivity index (χ3n) is 2.37. The van der Waals surface area contributed by atoms with E-state index >= 15 is 0 Å². The molecular formula is C12H14F2O3S. The number of hydrogen-bond acceptors (Lipinski definition) is 3. The summed E-state index contributed by atoms with van der Waals surface area (Å²) in [6.07, 6.45) is 1.25. The zero-order chi connectivity index (χ0) is 13.8. The maximum Gasteiger partial charge on any atom is 0.147 e. The lowest BCUT2D eigenvalue weighted by Crippen LogP contribution is -2.09. The van der Waals surface area contributed by atoms with Crippen LogP contribution in [0, 0.1) is 11.6 Å². The van der Waals surface area contributed by atoms with Gasteiger partial charge in [0.2, 0.25) is 0 Å². The maximum atomic E-state index is 13.2. The molecule has 0 bridgehead atoms. The van der Waals surface area contributed by atoms with Crippen LogP contribution >= 0.6 is 0 Å². The molecule has 100 valence electrons. The van der Waals surface area contributed by atoms with E-state index < -0.39 is 21.5 Å². The van der Waals surface area contributed by atoms with Crippen molar-refractivity contribution in [3.05, 3.63) is 35.4 Å². The molecule has 0 saturated heterocycles. The van der Waals surface area contributed by atoms with E-state index in [1.807, 2.05) is 0 Å².